The average molecular weight is 370 g/mol. The van der Waals surface area contributed by atoms with Crippen LogP contribution in [0.25, 0.3) is 22.0 Å². The van der Waals surface area contributed by atoms with E-state index in [9.17, 15) is 4.79 Å². The number of hydrogen-bond donors (Lipinski definition) is 1. The zero-order valence-corrected chi connectivity index (χ0v) is 18.3. The first-order valence-corrected chi connectivity index (χ1v) is 9.80. The molecule has 0 saturated carbocycles. The van der Waals surface area contributed by atoms with E-state index in [2.05, 4.69) is 4.98 Å². The number of pyridine rings is 2. The van der Waals surface area contributed by atoms with Crippen molar-refractivity contribution in [1.29, 1.82) is 0 Å². The molecule has 3 aromatic rings. The highest BCUT2D eigenvalue weighted by molar-refractivity contribution is 5.84. The van der Waals surface area contributed by atoms with Gasteiger partial charge in [0.05, 0.1) is 5.52 Å². The Labute approximate surface area is 164 Å². The molecule has 1 aromatic carbocycles. The van der Waals surface area contributed by atoms with Crippen LogP contribution in [0.15, 0.2) is 41.3 Å². The molecule has 3 rings (SSSR count). The summed E-state index contributed by atoms with van der Waals surface area (Å²) in [4.78, 5) is 17.0. The van der Waals surface area contributed by atoms with Gasteiger partial charge in [0, 0.05) is 35.6 Å². The molecule has 148 valence electrons. The first-order valence-electron chi connectivity index (χ1n) is 9.80. The van der Waals surface area contributed by atoms with E-state index in [4.69, 9.17) is 5.73 Å². The largest absolute Gasteiger partial charge is 0.399 e. The van der Waals surface area contributed by atoms with E-state index < -0.39 is 0 Å². The van der Waals surface area contributed by atoms with Gasteiger partial charge in [-0.05, 0) is 49.2 Å². The van der Waals surface area contributed by atoms with Crippen LogP contribution in [0.5, 0.6) is 0 Å². The third kappa shape index (κ3) is 5.68. The highest BCUT2D eigenvalue weighted by Gasteiger charge is 2.11. The van der Waals surface area contributed by atoms with Crippen molar-refractivity contribution < 1.29 is 0 Å². The SMILES string of the molecule is CC.CC.CC.Cc1cc2c(cn1)cc(-c1cc(N)ccc1C)c(=O)n2C. The van der Waals surface area contributed by atoms with Crippen LogP contribution in [0, 0.1) is 13.8 Å². The van der Waals surface area contributed by atoms with E-state index >= 15 is 0 Å². The number of benzene rings is 1. The molecule has 2 aromatic heterocycles. The number of nitrogens with zero attached hydrogens (tertiary/aromatic N) is 2. The van der Waals surface area contributed by atoms with Gasteiger partial charge in [-0.25, -0.2) is 0 Å². The van der Waals surface area contributed by atoms with Crippen LogP contribution in [0.2, 0.25) is 0 Å². The van der Waals surface area contributed by atoms with Gasteiger partial charge in [-0.1, -0.05) is 47.6 Å². The van der Waals surface area contributed by atoms with Crippen molar-refractivity contribution in [3.05, 3.63) is 58.1 Å². The molecular formula is C23H35N3O. The molecule has 0 saturated heterocycles. The van der Waals surface area contributed by atoms with Crippen LogP contribution in [-0.2, 0) is 7.05 Å². The van der Waals surface area contributed by atoms with Crippen LogP contribution in [0.1, 0.15) is 52.8 Å². The van der Waals surface area contributed by atoms with Crippen LogP contribution >= 0.6 is 0 Å². The lowest BCUT2D eigenvalue weighted by Gasteiger charge is -2.11. The summed E-state index contributed by atoms with van der Waals surface area (Å²) in [6.07, 6.45) is 1.80. The van der Waals surface area contributed by atoms with Crippen molar-refractivity contribution in [3.8, 4) is 11.1 Å². The Balaban J connectivity index is 0.00000103. The first kappa shape index (κ1) is 24.4. The van der Waals surface area contributed by atoms with E-state index in [1.807, 2.05) is 85.7 Å². The molecule has 0 aliphatic rings. The summed E-state index contributed by atoms with van der Waals surface area (Å²) in [5.41, 5.74) is 10.8. The molecule has 0 spiro atoms. The van der Waals surface area contributed by atoms with Crippen molar-refractivity contribution in [3.63, 3.8) is 0 Å². The topological polar surface area (TPSA) is 60.9 Å². The molecule has 0 fully saturated rings. The van der Waals surface area contributed by atoms with Gasteiger partial charge in [-0.15, -0.1) is 0 Å². The maximum atomic E-state index is 12.7. The lowest BCUT2D eigenvalue weighted by Crippen LogP contribution is -2.19. The Hall–Kier alpha value is -2.62. The Bertz CT molecular complexity index is 911. The van der Waals surface area contributed by atoms with Crippen molar-refractivity contribution in [2.75, 3.05) is 5.73 Å². The van der Waals surface area contributed by atoms with Gasteiger partial charge in [0.25, 0.3) is 5.56 Å². The second-order valence-electron chi connectivity index (χ2n) is 5.38. The molecule has 0 aliphatic heterocycles. The normalized spacial score (nSPS) is 9.22. The number of anilines is 1. The maximum Gasteiger partial charge on any atom is 0.258 e. The lowest BCUT2D eigenvalue weighted by molar-refractivity contribution is 0.905. The average Bonchev–Trinajstić information content (AvgIpc) is 2.72. The van der Waals surface area contributed by atoms with Gasteiger partial charge in [0.15, 0.2) is 0 Å². The third-order valence-corrected chi connectivity index (χ3v) is 3.80. The Morgan fingerprint density at radius 1 is 0.889 bits per heavy atom. The van der Waals surface area contributed by atoms with Crippen LogP contribution in [-0.4, -0.2) is 9.55 Å². The van der Waals surface area contributed by atoms with Crippen molar-refractivity contribution >= 4 is 16.6 Å². The fraction of sp³-hybridized carbons (Fsp3) is 0.391. The number of hydrogen-bond acceptors (Lipinski definition) is 3. The summed E-state index contributed by atoms with van der Waals surface area (Å²) >= 11 is 0. The molecule has 2 heterocycles. The lowest BCUT2D eigenvalue weighted by atomic mass is 10.00. The van der Waals surface area contributed by atoms with E-state index in [0.717, 1.165) is 27.7 Å². The van der Waals surface area contributed by atoms with Crippen molar-refractivity contribution in [2.45, 2.75) is 55.4 Å². The standard InChI is InChI=1S/C17H17N3O.3C2H6/c1-10-4-5-13(18)8-14(10)15-7-12-9-19-11(2)6-16(12)20(3)17(15)21;3*1-2/h4-9H,18H2,1-3H3;3*1-2H3. The van der Waals surface area contributed by atoms with Crippen molar-refractivity contribution in [2.24, 2.45) is 7.05 Å². The zero-order chi connectivity index (χ0) is 21.1. The minimum Gasteiger partial charge on any atom is -0.399 e. The Morgan fingerprint density at radius 3 is 2.07 bits per heavy atom. The molecule has 4 nitrogen and oxygen atoms in total. The summed E-state index contributed by atoms with van der Waals surface area (Å²) in [6.45, 7) is 15.9. The summed E-state index contributed by atoms with van der Waals surface area (Å²) in [5, 5.41) is 0.944. The summed E-state index contributed by atoms with van der Waals surface area (Å²) in [7, 11) is 1.79. The predicted molar refractivity (Wildman–Crippen MR) is 120 cm³/mol. The second kappa shape index (κ2) is 11.9. The van der Waals surface area contributed by atoms with E-state index in [1.54, 1.807) is 17.8 Å². The van der Waals surface area contributed by atoms with Gasteiger partial charge in [0.2, 0.25) is 0 Å². The quantitative estimate of drug-likeness (QED) is 0.545. The Kier molecular flexibility index (Phi) is 10.7. The highest BCUT2D eigenvalue weighted by Crippen LogP contribution is 2.25. The van der Waals surface area contributed by atoms with Crippen molar-refractivity contribution in [1.82, 2.24) is 9.55 Å². The fourth-order valence-electron chi connectivity index (χ4n) is 2.59. The van der Waals surface area contributed by atoms with E-state index in [0.29, 0.717) is 11.3 Å². The van der Waals surface area contributed by atoms with Gasteiger partial charge < -0.3 is 10.3 Å². The van der Waals surface area contributed by atoms with Crippen LogP contribution in [0.4, 0.5) is 5.69 Å². The maximum absolute atomic E-state index is 12.7. The third-order valence-electron chi connectivity index (χ3n) is 3.80. The number of aryl methyl sites for hydroxylation is 3. The van der Waals surface area contributed by atoms with Gasteiger partial charge in [-0.2, -0.15) is 0 Å². The molecule has 27 heavy (non-hydrogen) atoms. The zero-order valence-electron chi connectivity index (χ0n) is 18.3. The monoisotopic (exact) mass is 369 g/mol. The summed E-state index contributed by atoms with van der Waals surface area (Å²) < 4.78 is 1.67. The molecule has 0 radical (unpaired) electrons. The molecule has 0 unspecified atom stereocenters. The molecule has 4 heteroatoms. The van der Waals surface area contributed by atoms with Gasteiger partial charge in [-0.3, -0.25) is 9.78 Å². The Morgan fingerprint density at radius 2 is 1.48 bits per heavy atom. The smallest absolute Gasteiger partial charge is 0.258 e. The molecule has 0 aliphatic carbocycles. The summed E-state index contributed by atoms with van der Waals surface area (Å²) in [5.74, 6) is 0. The number of fused-ring (bicyclic) bond motifs is 1. The van der Waals surface area contributed by atoms with Crippen LogP contribution < -0.4 is 11.3 Å². The molecule has 2 N–H and O–H groups in total. The minimum atomic E-state index is -0.0261. The predicted octanol–water partition coefficient (Wildman–Crippen LogP) is 5.88. The van der Waals surface area contributed by atoms with Crippen LogP contribution in [0.3, 0.4) is 0 Å². The summed E-state index contributed by atoms with van der Waals surface area (Å²) in [6, 6.07) is 9.44. The van der Waals surface area contributed by atoms with E-state index in [-0.39, 0.29) is 5.56 Å². The molecular weight excluding hydrogens is 334 g/mol. The highest BCUT2D eigenvalue weighted by atomic mass is 16.1. The van der Waals surface area contributed by atoms with Gasteiger partial charge in [0.1, 0.15) is 0 Å². The molecule has 0 bridgehead atoms. The van der Waals surface area contributed by atoms with Gasteiger partial charge >= 0.3 is 0 Å². The van der Waals surface area contributed by atoms with E-state index in [1.165, 1.54) is 0 Å². The fourth-order valence-corrected chi connectivity index (χ4v) is 2.59. The number of rotatable bonds is 1. The number of nitrogens with two attached hydrogens (primary N) is 1. The minimum absolute atomic E-state index is 0.0261. The number of nitrogen functional groups attached to an aromatic ring is 1. The molecule has 0 atom stereocenters. The second-order valence-corrected chi connectivity index (χ2v) is 5.38. The number of aromatic nitrogens is 2. The molecule has 0 amide bonds. The first-order chi connectivity index (χ1) is 13.0.